The highest BCUT2D eigenvalue weighted by Gasteiger charge is 2.17. The highest BCUT2D eigenvalue weighted by Crippen LogP contribution is 2.30. The van der Waals surface area contributed by atoms with Crippen molar-refractivity contribution in [2.75, 3.05) is 6.61 Å². The van der Waals surface area contributed by atoms with E-state index in [0.717, 1.165) is 44.0 Å². The van der Waals surface area contributed by atoms with Crippen molar-refractivity contribution in [3.8, 4) is 5.75 Å². The summed E-state index contributed by atoms with van der Waals surface area (Å²) in [5.41, 5.74) is 2.68. The van der Waals surface area contributed by atoms with E-state index < -0.39 is 0 Å². The zero-order valence-electron chi connectivity index (χ0n) is 12.3. The van der Waals surface area contributed by atoms with Crippen LogP contribution in [0.25, 0.3) is 0 Å². The fourth-order valence-electron chi connectivity index (χ4n) is 3.60. The van der Waals surface area contributed by atoms with Crippen molar-refractivity contribution in [3.05, 3.63) is 29.3 Å². The number of benzene rings is 1. The van der Waals surface area contributed by atoms with Gasteiger partial charge < -0.3 is 9.84 Å². The molecule has 1 aliphatic carbocycles. The molecule has 1 fully saturated rings. The first kappa shape index (κ1) is 13.9. The SMILES string of the molecule is OC(CCc1ccc2c(c1)CCO2)CCC1CCCC1. The van der Waals surface area contributed by atoms with Gasteiger partial charge in [0.25, 0.3) is 0 Å². The van der Waals surface area contributed by atoms with Gasteiger partial charge in [0.15, 0.2) is 0 Å². The molecule has 0 spiro atoms. The minimum absolute atomic E-state index is 0.125. The van der Waals surface area contributed by atoms with Gasteiger partial charge in [0.1, 0.15) is 5.75 Å². The fourth-order valence-corrected chi connectivity index (χ4v) is 3.60. The van der Waals surface area contributed by atoms with E-state index in [4.69, 9.17) is 4.74 Å². The normalized spacial score (nSPS) is 19.9. The lowest BCUT2D eigenvalue weighted by molar-refractivity contribution is 0.145. The minimum atomic E-state index is -0.125. The lowest BCUT2D eigenvalue weighted by Crippen LogP contribution is -2.10. The van der Waals surface area contributed by atoms with Crippen LogP contribution >= 0.6 is 0 Å². The monoisotopic (exact) mass is 274 g/mol. The molecule has 1 unspecified atom stereocenters. The van der Waals surface area contributed by atoms with Gasteiger partial charge in [-0.05, 0) is 48.8 Å². The number of aliphatic hydroxyl groups excluding tert-OH is 1. The Labute approximate surface area is 122 Å². The van der Waals surface area contributed by atoms with Crippen molar-refractivity contribution >= 4 is 0 Å². The number of aliphatic hydroxyl groups is 1. The van der Waals surface area contributed by atoms with Crippen molar-refractivity contribution in [3.63, 3.8) is 0 Å². The van der Waals surface area contributed by atoms with E-state index in [9.17, 15) is 5.11 Å². The Balaban J connectivity index is 1.41. The van der Waals surface area contributed by atoms with Crippen LogP contribution in [-0.4, -0.2) is 17.8 Å². The molecule has 20 heavy (non-hydrogen) atoms. The van der Waals surface area contributed by atoms with Gasteiger partial charge in [0.05, 0.1) is 12.7 Å². The summed E-state index contributed by atoms with van der Waals surface area (Å²) in [6.45, 7) is 0.822. The third kappa shape index (κ3) is 3.54. The second-order valence-corrected chi connectivity index (χ2v) is 6.46. The molecule has 0 radical (unpaired) electrons. The summed E-state index contributed by atoms with van der Waals surface area (Å²) in [4.78, 5) is 0. The molecule has 110 valence electrons. The summed E-state index contributed by atoms with van der Waals surface area (Å²) in [6, 6.07) is 6.49. The van der Waals surface area contributed by atoms with Crippen LogP contribution in [0.15, 0.2) is 18.2 Å². The Kier molecular flexibility index (Phi) is 4.62. The van der Waals surface area contributed by atoms with E-state index in [0.29, 0.717) is 0 Å². The van der Waals surface area contributed by atoms with Crippen LogP contribution in [0.1, 0.15) is 56.1 Å². The Hall–Kier alpha value is -1.02. The zero-order valence-corrected chi connectivity index (χ0v) is 12.3. The van der Waals surface area contributed by atoms with Gasteiger partial charge in [-0.2, -0.15) is 0 Å². The maximum Gasteiger partial charge on any atom is 0.122 e. The van der Waals surface area contributed by atoms with Crippen LogP contribution in [0.4, 0.5) is 0 Å². The van der Waals surface area contributed by atoms with E-state index in [1.54, 1.807) is 0 Å². The second-order valence-electron chi connectivity index (χ2n) is 6.46. The van der Waals surface area contributed by atoms with Crippen molar-refractivity contribution in [2.45, 2.75) is 63.9 Å². The molecule has 2 nitrogen and oxygen atoms in total. The van der Waals surface area contributed by atoms with Crippen LogP contribution < -0.4 is 4.74 Å². The second kappa shape index (κ2) is 6.62. The average molecular weight is 274 g/mol. The van der Waals surface area contributed by atoms with Crippen molar-refractivity contribution in [1.29, 1.82) is 0 Å². The van der Waals surface area contributed by atoms with Gasteiger partial charge in [-0.1, -0.05) is 37.8 Å². The molecule has 2 aliphatic rings. The number of hydrogen-bond acceptors (Lipinski definition) is 2. The highest BCUT2D eigenvalue weighted by atomic mass is 16.5. The van der Waals surface area contributed by atoms with Crippen molar-refractivity contribution in [2.24, 2.45) is 5.92 Å². The summed E-state index contributed by atoms with van der Waals surface area (Å²) < 4.78 is 5.53. The van der Waals surface area contributed by atoms with Crippen LogP contribution in [-0.2, 0) is 12.8 Å². The van der Waals surface area contributed by atoms with Crippen molar-refractivity contribution < 1.29 is 9.84 Å². The van der Waals surface area contributed by atoms with Gasteiger partial charge in [0, 0.05) is 6.42 Å². The number of aryl methyl sites for hydroxylation is 1. The van der Waals surface area contributed by atoms with Gasteiger partial charge >= 0.3 is 0 Å². The molecular weight excluding hydrogens is 248 g/mol. The lowest BCUT2D eigenvalue weighted by Gasteiger charge is -2.14. The summed E-state index contributed by atoms with van der Waals surface area (Å²) in [6.07, 6.45) is 10.6. The molecule has 1 N–H and O–H groups in total. The highest BCUT2D eigenvalue weighted by molar-refractivity contribution is 5.39. The summed E-state index contributed by atoms with van der Waals surface area (Å²) >= 11 is 0. The first-order valence-corrected chi connectivity index (χ1v) is 8.24. The van der Waals surface area contributed by atoms with Crippen LogP contribution in [0.2, 0.25) is 0 Å². The molecule has 0 aromatic heterocycles. The summed E-state index contributed by atoms with van der Waals surface area (Å²) in [7, 11) is 0. The molecule has 0 saturated heterocycles. The largest absolute Gasteiger partial charge is 0.493 e. The number of rotatable bonds is 6. The minimum Gasteiger partial charge on any atom is -0.493 e. The smallest absolute Gasteiger partial charge is 0.122 e. The lowest BCUT2D eigenvalue weighted by atomic mass is 9.96. The summed E-state index contributed by atoms with van der Waals surface area (Å²) in [5, 5.41) is 10.1. The predicted octanol–water partition coefficient (Wildman–Crippen LogP) is 3.89. The number of ether oxygens (including phenoxy) is 1. The third-order valence-electron chi connectivity index (χ3n) is 4.90. The van der Waals surface area contributed by atoms with E-state index in [2.05, 4.69) is 18.2 Å². The van der Waals surface area contributed by atoms with Crippen LogP contribution in [0, 0.1) is 5.92 Å². The molecule has 2 heteroatoms. The molecule has 0 amide bonds. The Bertz CT molecular complexity index is 435. The molecule has 1 saturated carbocycles. The first-order valence-electron chi connectivity index (χ1n) is 8.24. The Morgan fingerprint density at radius 1 is 1.20 bits per heavy atom. The van der Waals surface area contributed by atoms with Gasteiger partial charge in [-0.15, -0.1) is 0 Å². The number of hydrogen-bond donors (Lipinski definition) is 1. The van der Waals surface area contributed by atoms with Gasteiger partial charge in [-0.25, -0.2) is 0 Å². The average Bonchev–Trinajstić information content (AvgIpc) is 3.13. The molecule has 0 bridgehead atoms. The van der Waals surface area contributed by atoms with E-state index in [1.807, 2.05) is 0 Å². The molecule has 1 aromatic carbocycles. The third-order valence-corrected chi connectivity index (χ3v) is 4.90. The maximum absolute atomic E-state index is 10.1. The van der Waals surface area contributed by atoms with Crippen LogP contribution in [0.5, 0.6) is 5.75 Å². The fraction of sp³-hybridized carbons (Fsp3) is 0.667. The Morgan fingerprint density at radius 2 is 2.05 bits per heavy atom. The van der Waals surface area contributed by atoms with Crippen molar-refractivity contribution in [1.82, 2.24) is 0 Å². The molecule has 1 aromatic rings. The number of fused-ring (bicyclic) bond motifs is 1. The molecule has 1 heterocycles. The van der Waals surface area contributed by atoms with Gasteiger partial charge in [0.2, 0.25) is 0 Å². The topological polar surface area (TPSA) is 29.5 Å². The quantitative estimate of drug-likeness (QED) is 0.853. The molecule has 1 atom stereocenters. The standard InChI is InChI=1S/C18H26O2/c19-17(8-5-14-3-1-2-4-14)9-6-15-7-10-18-16(13-15)11-12-20-18/h7,10,13-14,17,19H,1-6,8-9,11-12H2. The molecular formula is C18H26O2. The first-order chi connectivity index (χ1) is 9.81. The van der Waals surface area contributed by atoms with E-state index in [1.165, 1.54) is 43.2 Å². The predicted molar refractivity (Wildman–Crippen MR) is 81.2 cm³/mol. The molecule has 3 rings (SSSR count). The summed E-state index contributed by atoms with van der Waals surface area (Å²) in [5.74, 6) is 1.94. The zero-order chi connectivity index (χ0) is 13.8. The van der Waals surface area contributed by atoms with E-state index in [-0.39, 0.29) is 6.10 Å². The van der Waals surface area contributed by atoms with Crippen LogP contribution in [0.3, 0.4) is 0 Å². The van der Waals surface area contributed by atoms with E-state index >= 15 is 0 Å². The maximum atomic E-state index is 10.1. The Morgan fingerprint density at radius 3 is 2.90 bits per heavy atom. The molecule has 1 aliphatic heterocycles. The van der Waals surface area contributed by atoms with Gasteiger partial charge in [-0.3, -0.25) is 0 Å².